The Morgan fingerprint density at radius 1 is 0.815 bits per heavy atom. The second kappa shape index (κ2) is 11.0. The second-order valence-corrected chi connectivity index (χ2v) is 11.0. The Bertz CT molecular complexity index is 415. The summed E-state index contributed by atoms with van der Waals surface area (Å²) in [5.41, 5.74) is 0. The molecule has 4 rings (SSSR count). The van der Waals surface area contributed by atoms with E-state index in [4.69, 9.17) is 32.7 Å². The second-order valence-electron chi connectivity index (χ2n) is 9.39. The third-order valence-electron chi connectivity index (χ3n) is 7.02. The van der Waals surface area contributed by atoms with Crippen LogP contribution in [0.1, 0.15) is 110 Å². The number of hydrogen-bond donors (Lipinski definition) is 0. The molecule has 0 amide bonds. The molecule has 4 bridgehead atoms. The number of fused-ring (bicyclic) bond motifs is 8. The Morgan fingerprint density at radius 3 is 2.15 bits per heavy atom. The largest absolute Gasteiger partial charge is 0.349 e. The Balaban J connectivity index is 1.79. The van der Waals surface area contributed by atoms with E-state index in [9.17, 15) is 0 Å². The summed E-state index contributed by atoms with van der Waals surface area (Å²) in [6, 6.07) is 0. The van der Waals surface area contributed by atoms with Gasteiger partial charge in [0, 0.05) is 6.42 Å². The summed E-state index contributed by atoms with van der Waals surface area (Å²) in [6.45, 7) is 2.13. The van der Waals surface area contributed by atoms with Crippen LogP contribution in [0.15, 0.2) is 0 Å². The van der Waals surface area contributed by atoms with Crippen molar-refractivity contribution in [2.45, 2.75) is 132 Å². The maximum absolute atomic E-state index is 6.61. The fourth-order valence-electron chi connectivity index (χ4n) is 5.56. The molecule has 2 nitrogen and oxygen atoms in total. The molecule has 0 N–H and O–H groups in total. The van der Waals surface area contributed by atoms with Gasteiger partial charge in [-0.25, -0.2) is 0 Å². The molecule has 4 fully saturated rings. The highest BCUT2D eigenvalue weighted by atomic mass is 35.5. The molecule has 158 valence electrons. The van der Waals surface area contributed by atoms with Crippen LogP contribution < -0.4 is 0 Å². The Morgan fingerprint density at radius 2 is 1.48 bits per heavy atom. The lowest BCUT2D eigenvalue weighted by atomic mass is 9.82. The predicted molar refractivity (Wildman–Crippen MR) is 114 cm³/mol. The van der Waals surface area contributed by atoms with E-state index in [2.05, 4.69) is 6.92 Å². The van der Waals surface area contributed by atoms with E-state index in [-0.39, 0.29) is 6.29 Å². The molecule has 1 aliphatic heterocycles. The third kappa shape index (κ3) is 7.36. The molecule has 1 heterocycles. The molecular weight excluding hydrogens is 379 g/mol. The van der Waals surface area contributed by atoms with E-state index in [0.717, 1.165) is 31.6 Å². The molecule has 1 saturated heterocycles. The number of alkyl halides is 2. The highest BCUT2D eigenvalue weighted by Gasteiger charge is 2.37. The zero-order valence-corrected chi connectivity index (χ0v) is 18.8. The lowest BCUT2D eigenvalue weighted by molar-refractivity contribution is -0.191. The SMILES string of the molecule is CCCC(Cl)(Cl)CC1OC2CCC(O1)C1CCCCCC(CCCCC1)C2. The Kier molecular flexibility index (Phi) is 9.08. The quantitative estimate of drug-likeness (QED) is 0.433. The highest BCUT2D eigenvalue weighted by Crippen LogP contribution is 2.39. The van der Waals surface area contributed by atoms with Gasteiger partial charge in [0.15, 0.2) is 6.29 Å². The van der Waals surface area contributed by atoms with Crippen molar-refractivity contribution in [3.8, 4) is 0 Å². The molecule has 3 aliphatic carbocycles. The summed E-state index contributed by atoms with van der Waals surface area (Å²) in [6.07, 6.45) is 19.9. The molecule has 0 aromatic rings. The fourth-order valence-corrected chi connectivity index (χ4v) is 6.19. The first-order valence-corrected chi connectivity index (χ1v) is 12.5. The van der Waals surface area contributed by atoms with E-state index in [1.807, 2.05) is 0 Å². The van der Waals surface area contributed by atoms with Crippen LogP contribution in [-0.2, 0) is 9.47 Å². The van der Waals surface area contributed by atoms with E-state index in [0.29, 0.717) is 24.5 Å². The van der Waals surface area contributed by atoms with Gasteiger partial charge in [-0.2, -0.15) is 0 Å². The van der Waals surface area contributed by atoms with Gasteiger partial charge in [0.05, 0.1) is 12.2 Å². The highest BCUT2D eigenvalue weighted by molar-refractivity contribution is 6.48. The van der Waals surface area contributed by atoms with Gasteiger partial charge in [0.1, 0.15) is 4.33 Å². The summed E-state index contributed by atoms with van der Waals surface area (Å²) in [5, 5.41) is 0. The van der Waals surface area contributed by atoms with Crippen LogP contribution in [0, 0.1) is 11.8 Å². The maximum Gasteiger partial charge on any atom is 0.161 e. The number of rotatable bonds is 4. The smallest absolute Gasteiger partial charge is 0.161 e. The molecule has 4 heteroatoms. The average Bonchev–Trinajstić information content (AvgIpc) is 2.76. The van der Waals surface area contributed by atoms with E-state index >= 15 is 0 Å². The topological polar surface area (TPSA) is 18.5 Å². The first kappa shape index (κ1) is 22.2. The molecule has 0 aromatic heterocycles. The molecular formula is C23H40Cl2O2. The van der Waals surface area contributed by atoms with Crippen molar-refractivity contribution < 1.29 is 9.47 Å². The van der Waals surface area contributed by atoms with E-state index in [1.165, 1.54) is 70.6 Å². The van der Waals surface area contributed by atoms with Crippen molar-refractivity contribution in [1.82, 2.24) is 0 Å². The van der Waals surface area contributed by atoms with E-state index < -0.39 is 4.33 Å². The van der Waals surface area contributed by atoms with Crippen molar-refractivity contribution >= 4 is 23.2 Å². The summed E-state index contributed by atoms with van der Waals surface area (Å²) >= 11 is 13.2. The van der Waals surface area contributed by atoms with Crippen LogP contribution in [0.25, 0.3) is 0 Å². The molecule has 3 saturated carbocycles. The van der Waals surface area contributed by atoms with Crippen molar-refractivity contribution in [3.63, 3.8) is 0 Å². The summed E-state index contributed by atoms with van der Waals surface area (Å²) in [4.78, 5) is 0. The Labute approximate surface area is 177 Å². The van der Waals surface area contributed by atoms with Crippen molar-refractivity contribution in [2.24, 2.45) is 11.8 Å². The lowest BCUT2D eigenvalue weighted by Gasteiger charge is -2.31. The van der Waals surface area contributed by atoms with Gasteiger partial charge in [0.25, 0.3) is 0 Å². The standard InChI is InChI=1S/C23H40Cl2O2/c1-2-15-23(24,25)17-22-26-20-13-14-21(27-22)19-11-7-3-5-9-18(16-20)10-6-4-8-12-19/h18-22H,2-17H2,1H3. The van der Waals surface area contributed by atoms with Crippen LogP contribution in [0.3, 0.4) is 0 Å². The predicted octanol–water partition coefficient (Wildman–Crippen LogP) is 7.79. The summed E-state index contributed by atoms with van der Waals surface area (Å²) < 4.78 is 12.4. The minimum atomic E-state index is -0.740. The van der Waals surface area contributed by atoms with Crippen LogP contribution in [-0.4, -0.2) is 22.8 Å². The van der Waals surface area contributed by atoms with Crippen molar-refractivity contribution in [1.29, 1.82) is 0 Å². The van der Waals surface area contributed by atoms with Gasteiger partial charge in [-0.05, 0) is 50.4 Å². The van der Waals surface area contributed by atoms with Crippen molar-refractivity contribution in [2.75, 3.05) is 0 Å². The van der Waals surface area contributed by atoms with Gasteiger partial charge in [-0.15, -0.1) is 23.2 Å². The summed E-state index contributed by atoms with van der Waals surface area (Å²) in [7, 11) is 0. The van der Waals surface area contributed by atoms with Crippen LogP contribution in [0.2, 0.25) is 0 Å². The fraction of sp³-hybridized carbons (Fsp3) is 1.00. The van der Waals surface area contributed by atoms with E-state index in [1.54, 1.807) is 0 Å². The van der Waals surface area contributed by atoms with Gasteiger partial charge >= 0.3 is 0 Å². The van der Waals surface area contributed by atoms with Crippen LogP contribution in [0.4, 0.5) is 0 Å². The molecule has 0 spiro atoms. The van der Waals surface area contributed by atoms with Gasteiger partial charge in [0.2, 0.25) is 0 Å². The third-order valence-corrected chi connectivity index (χ3v) is 7.71. The average molecular weight is 419 g/mol. The molecule has 3 atom stereocenters. The number of halogens is 2. The summed E-state index contributed by atoms with van der Waals surface area (Å²) in [5.74, 6) is 1.49. The zero-order valence-electron chi connectivity index (χ0n) is 17.3. The first-order valence-electron chi connectivity index (χ1n) is 11.7. The minimum absolute atomic E-state index is 0.242. The molecule has 0 aromatic carbocycles. The van der Waals surface area contributed by atoms with Gasteiger partial charge < -0.3 is 9.47 Å². The normalized spacial score (nSPS) is 36.8. The molecule has 0 radical (unpaired) electrons. The van der Waals surface area contributed by atoms with Gasteiger partial charge in [-0.1, -0.05) is 64.7 Å². The minimum Gasteiger partial charge on any atom is -0.349 e. The number of hydrogen-bond acceptors (Lipinski definition) is 2. The maximum atomic E-state index is 6.61. The van der Waals surface area contributed by atoms with Crippen molar-refractivity contribution in [3.05, 3.63) is 0 Å². The number of ether oxygens (including phenoxy) is 2. The monoisotopic (exact) mass is 418 g/mol. The van der Waals surface area contributed by atoms with Crippen LogP contribution in [0.5, 0.6) is 0 Å². The van der Waals surface area contributed by atoms with Crippen LogP contribution >= 0.6 is 23.2 Å². The van der Waals surface area contributed by atoms with Gasteiger partial charge in [-0.3, -0.25) is 0 Å². The lowest BCUT2D eigenvalue weighted by Crippen LogP contribution is -2.33. The zero-order chi connectivity index (χ0) is 19.1. The first-order chi connectivity index (χ1) is 13.1. The molecule has 4 aliphatic rings. The molecule has 27 heavy (non-hydrogen) atoms. The molecule has 3 unspecified atom stereocenters. The Hall–Kier alpha value is 0.500.